The number of aliphatic carboxylic acids is 3. The van der Waals surface area contributed by atoms with Gasteiger partial charge in [-0.1, -0.05) is 0 Å². The minimum Gasteiger partial charge on any atom is -0.480 e. The van der Waals surface area contributed by atoms with E-state index in [1.54, 1.807) is 0 Å². The summed E-state index contributed by atoms with van der Waals surface area (Å²) in [4.78, 5) is 46.2. The summed E-state index contributed by atoms with van der Waals surface area (Å²) in [6.45, 7) is -0.668. The van der Waals surface area contributed by atoms with Crippen LogP contribution < -0.4 is 0 Å². The highest BCUT2D eigenvalue weighted by Crippen LogP contribution is 2.90. The van der Waals surface area contributed by atoms with Gasteiger partial charge in [0.05, 0.1) is 6.54 Å². The monoisotopic (exact) mass is 911 g/mol. The maximum Gasteiger partial charge on any atom is 0.321 e. The average molecular weight is 912 g/mol. The molecule has 1 aliphatic heterocycles. The molecule has 0 radical (unpaired) electrons. The first kappa shape index (κ1) is 28.2. The zero-order valence-corrected chi connectivity index (χ0v) is 36.5. The second-order valence-corrected chi connectivity index (χ2v) is 26.3. The Morgan fingerprint density at radius 2 is 0.466 bits per heavy atom. The highest BCUT2D eigenvalue weighted by Gasteiger charge is 2.86. The van der Waals surface area contributed by atoms with Crippen LogP contribution in [0.25, 0.3) is 269 Å². The van der Waals surface area contributed by atoms with Crippen LogP contribution in [-0.2, 0) is 25.2 Å². The van der Waals surface area contributed by atoms with Crippen molar-refractivity contribution in [3.63, 3.8) is 0 Å². The van der Waals surface area contributed by atoms with Crippen molar-refractivity contribution >= 4 is 287 Å². The van der Waals surface area contributed by atoms with Crippen LogP contribution in [-0.4, -0.2) is 56.8 Å². The van der Waals surface area contributed by atoms with Gasteiger partial charge in [0.2, 0.25) is 0 Å². The summed E-state index contributed by atoms with van der Waals surface area (Å²) < 4.78 is 0. The Bertz CT molecular complexity index is 7060. The highest BCUT2D eigenvalue weighted by molar-refractivity contribution is 6.80. The molecule has 73 heavy (non-hydrogen) atoms. The Balaban J connectivity index is 1.16. The van der Waals surface area contributed by atoms with E-state index in [4.69, 9.17) is 0 Å². The van der Waals surface area contributed by atoms with Gasteiger partial charge in [0.15, 0.2) is 0 Å². The van der Waals surface area contributed by atoms with Gasteiger partial charge in [-0.2, -0.15) is 0 Å². The molecule has 33 rings (SSSR count). The van der Waals surface area contributed by atoms with Gasteiger partial charge in [-0.3, -0.25) is 19.3 Å². The molecule has 0 aromatic heterocycles. The van der Waals surface area contributed by atoms with Gasteiger partial charge in [-0.25, -0.2) is 0 Å². The van der Waals surface area contributed by atoms with Crippen LogP contribution in [0.5, 0.6) is 0 Å². The number of hydrogen-bond acceptors (Lipinski definition) is 4. The van der Waals surface area contributed by atoms with E-state index in [0.717, 1.165) is 11.1 Å². The third kappa shape index (κ3) is 1.50. The minimum absolute atomic E-state index is 0.489. The lowest BCUT2D eigenvalue weighted by Crippen LogP contribution is -2.63. The maximum absolute atomic E-state index is 15.5. The largest absolute Gasteiger partial charge is 0.480 e. The summed E-state index contributed by atoms with van der Waals surface area (Å²) in [6, 6.07) is -2.86. The molecule has 1 heterocycles. The number of benzene rings is 16. The van der Waals surface area contributed by atoms with Crippen LogP contribution in [0.4, 0.5) is 0 Å². The third-order valence-corrected chi connectivity index (χ3v) is 26.3. The summed E-state index contributed by atoms with van der Waals surface area (Å²) in [7, 11) is 0. The SMILES string of the molecule is O=C(O)CN1C(C(=O)O)C23c4c5c6c7c8c9c(c%10c%11c%12c%13c%14c%15c(c%16c4c4c%17c5c5c7c7c8c8c(c9%11)c9c%12c%11c%13c%12c%15c%13c%16c4c4c%15c%17c5c5c7c7c8c9c8c%11c9c%12c%13c4c4c%15c5c7c8c94)C2(C%10%14)C1C(=O)O)C63. The zero-order valence-electron chi connectivity index (χ0n) is 36.5. The summed E-state index contributed by atoms with van der Waals surface area (Å²) >= 11 is 0. The van der Waals surface area contributed by atoms with E-state index in [0.29, 0.717) is 0 Å². The van der Waals surface area contributed by atoms with E-state index in [2.05, 4.69) is 0 Å². The van der Waals surface area contributed by atoms with Crippen LogP contribution >= 0.6 is 0 Å². The van der Waals surface area contributed by atoms with Gasteiger partial charge >= 0.3 is 17.9 Å². The first-order chi connectivity index (χ1) is 35.9. The molecule has 1 fully saturated rings. The standard InChI is InChI=1S/C66H9NO6/c68-2(69)1-67-61(63(70)71)65-57-49-41-31-21-13-5-3-4-7-11-9(5)17-25-19(11)29-23-15(7)16-8(4)12-10-6(3)14(13)22-28-18(10)26-20(12)30-24(16)34-33(23)43-37(29)47-39(25)45(35(41)27(17)21)53(57)55(47)59-51(43)52-44(34)38(30)48-40(26)46-36(28)42(32(22)31)50(49)58(65)54(46)56(48)60(52)66(59,65)62(67)64(72)73/h57,59,61-62H,1H2,(H,68,69)(H,70,71)(H,72,73). The molecule has 6 unspecified atom stereocenters. The van der Waals surface area contributed by atoms with Gasteiger partial charge in [0, 0.05) is 22.7 Å². The van der Waals surface area contributed by atoms with Crippen LogP contribution in [0, 0.1) is 0 Å². The van der Waals surface area contributed by atoms with E-state index >= 15 is 9.59 Å². The van der Waals surface area contributed by atoms with Gasteiger partial charge in [-0.05, 0) is 303 Å². The number of hydrogen-bond donors (Lipinski definition) is 3. The second-order valence-electron chi connectivity index (χ2n) is 26.3. The molecule has 6 aliphatic carbocycles. The summed E-state index contributed by atoms with van der Waals surface area (Å²) in [6.07, 6.45) is 0. The Hall–Kier alpha value is -8.91. The molecule has 0 saturated carbocycles. The number of likely N-dealkylation sites (tertiary alicyclic amines) is 1. The van der Waals surface area contributed by atoms with Crippen LogP contribution in [0.2, 0.25) is 0 Å². The smallest absolute Gasteiger partial charge is 0.321 e. The molecule has 7 heteroatoms. The van der Waals surface area contributed by atoms with Crippen molar-refractivity contribution in [1.29, 1.82) is 0 Å². The molecule has 26 aromatic rings. The fourth-order valence-corrected chi connectivity index (χ4v) is 26.7. The first-order valence-electron chi connectivity index (χ1n) is 26.4. The van der Waals surface area contributed by atoms with Gasteiger partial charge < -0.3 is 15.3 Å². The van der Waals surface area contributed by atoms with Crippen molar-refractivity contribution in [2.45, 2.75) is 34.7 Å². The summed E-state index contributed by atoms with van der Waals surface area (Å²) in [5.41, 5.74) is 4.46. The molecular formula is C66H9NO6. The number of nitrogens with zero attached hydrogens (tertiary/aromatic N) is 1. The molecule has 314 valence electrons. The van der Waals surface area contributed by atoms with E-state index in [9.17, 15) is 20.1 Å². The quantitative estimate of drug-likeness (QED) is 0.151. The van der Waals surface area contributed by atoms with Crippen molar-refractivity contribution in [1.82, 2.24) is 4.90 Å². The molecule has 1 saturated heterocycles. The number of carboxylic acid groups (broad SMARTS) is 3. The molecule has 0 bridgehead atoms. The van der Waals surface area contributed by atoms with Crippen LogP contribution in [0.15, 0.2) is 0 Å². The highest BCUT2D eigenvalue weighted by atomic mass is 16.4. The van der Waals surface area contributed by atoms with Crippen LogP contribution in [0.3, 0.4) is 0 Å². The molecule has 26 aromatic carbocycles. The van der Waals surface area contributed by atoms with Crippen molar-refractivity contribution in [3.05, 3.63) is 33.4 Å². The molecule has 3 N–H and O–H groups in total. The lowest BCUT2D eigenvalue weighted by Gasteiger charge is -2.58. The normalized spacial score (nSPS) is 26.8. The summed E-state index contributed by atoms with van der Waals surface area (Å²) in [5, 5.41) is 106. The van der Waals surface area contributed by atoms with E-state index in [-0.39, 0.29) is 0 Å². The second kappa shape index (κ2) is 6.33. The Labute approximate surface area is 394 Å². The summed E-state index contributed by atoms with van der Waals surface area (Å²) in [5.74, 6) is -4.37. The van der Waals surface area contributed by atoms with Gasteiger partial charge in [-0.15, -0.1) is 0 Å². The fraction of sp³-hybridized carbons (Fsp3) is 0.106. The Morgan fingerprint density at radius 3 is 0.699 bits per heavy atom. The van der Waals surface area contributed by atoms with E-state index in [1.165, 1.54) is 296 Å². The molecule has 2 spiro atoms. The number of rotatable bonds is 4. The number of carboxylic acids is 3. The van der Waals surface area contributed by atoms with Crippen molar-refractivity contribution in [3.8, 4) is 0 Å². The molecule has 7 aliphatic rings. The average Bonchev–Trinajstić information content (AvgIpc) is 4.28. The van der Waals surface area contributed by atoms with Gasteiger partial charge in [0.1, 0.15) is 12.1 Å². The lowest BCUT2D eigenvalue weighted by molar-refractivity contribution is -0.151. The molecule has 0 amide bonds. The Morgan fingerprint density at radius 1 is 0.274 bits per heavy atom. The minimum atomic E-state index is -1.43. The van der Waals surface area contributed by atoms with Crippen molar-refractivity contribution in [2.75, 3.05) is 6.54 Å². The lowest BCUT2D eigenvalue weighted by atomic mass is 9.40. The Kier molecular flexibility index (Phi) is 2.44. The topological polar surface area (TPSA) is 115 Å². The third-order valence-electron chi connectivity index (χ3n) is 26.3. The number of carbonyl (C=O) groups is 3. The molecule has 7 nitrogen and oxygen atoms in total. The van der Waals surface area contributed by atoms with E-state index < -0.39 is 59.2 Å². The fourth-order valence-electron chi connectivity index (χ4n) is 26.7. The molecular weight excluding hydrogens is 903 g/mol. The molecule has 6 atom stereocenters. The predicted octanol–water partition coefficient (Wildman–Crippen LogP) is 14.2. The van der Waals surface area contributed by atoms with Crippen molar-refractivity contribution in [2.24, 2.45) is 0 Å². The van der Waals surface area contributed by atoms with Gasteiger partial charge in [0.25, 0.3) is 0 Å². The van der Waals surface area contributed by atoms with Crippen molar-refractivity contribution < 1.29 is 29.7 Å². The maximum atomic E-state index is 15.5. The van der Waals surface area contributed by atoms with E-state index in [1.807, 2.05) is 0 Å². The first-order valence-corrected chi connectivity index (χ1v) is 26.4. The predicted molar refractivity (Wildman–Crippen MR) is 288 cm³/mol. The van der Waals surface area contributed by atoms with Crippen LogP contribution in [0.1, 0.15) is 45.2 Å². The zero-order chi connectivity index (χ0) is 44.7.